The van der Waals surface area contributed by atoms with E-state index in [1.54, 1.807) is 12.1 Å². The number of carbonyl (C=O) groups is 2. The summed E-state index contributed by atoms with van der Waals surface area (Å²) >= 11 is 0. The molecule has 2 aromatic rings. The van der Waals surface area contributed by atoms with Crippen molar-refractivity contribution in [1.82, 2.24) is 10.6 Å². The fraction of sp³-hybridized carbons (Fsp3) is 0.440. The number of benzene rings is 2. The van der Waals surface area contributed by atoms with E-state index < -0.39 is 29.9 Å². The minimum Gasteiger partial charge on any atom is -0.406 e. The van der Waals surface area contributed by atoms with E-state index in [0.29, 0.717) is 12.8 Å². The molecule has 5 nitrogen and oxygen atoms in total. The molecule has 0 heterocycles. The van der Waals surface area contributed by atoms with Crippen molar-refractivity contribution in [2.75, 3.05) is 6.54 Å². The molecule has 36 heavy (non-hydrogen) atoms. The van der Waals surface area contributed by atoms with E-state index in [4.69, 9.17) is 0 Å². The van der Waals surface area contributed by atoms with Crippen molar-refractivity contribution in [3.05, 3.63) is 65.2 Å². The van der Waals surface area contributed by atoms with Gasteiger partial charge in [0.25, 0.3) is 5.91 Å². The maximum Gasteiger partial charge on any atom is 0.573 e. The lowest BCUT2D eigenvalue weighted by Gasteiger charge is -2.32. The molecule has 0 unspecified atom stereocenters. The Morgan fingerprint density at radius 3 is 2.31 bits per heavy atom. The van der Waals surface area contributed by atoms with Crippen LogP contribution in [0.2, 0.25) is 0 Å². The van der Waals surface area contributed by atoms with Crippen LogP contribution in [0.4, 0.5) is 26.3 Å². The first-order chi connectivity index (χ1) is 16.9. The number of alkyl halides is 6. The van der Waals surface area contributed by atoms with Crippen LogP contribution in [0.25, 0.3) is 0 Å². The standard InChI is InChI=1S/C25H26F6N2O3/c26-24(27,28)19-6-3-5-18(14-19)23(35)32-15-22(34)33-21-7-2-1-4-17(21)11-8-16-9-12-20(13-10-16)36-25(29,30)31/h3,5-6,9-10,12-14,17,21H,1-2,4,7-8,11,15H2,(H,32,35)(H,33,34)/t17-,21-/m0/s1. The van der Waals surface area contributed by atoms with Gasteiger partial charge in [0.05, 0.1) is 12.1 Å². The molecule has 1 aliphatic rings. The summed E-state index contributed by atoms with van der Waals surface area (Å²) < 4.78 is 79.3. The molecule has 0 saturated heterocycles. The number of aryl methyl sites for hydroxylation is 1. The van der Waals surface area contributed by atoms with Crippen molar-refractivity contribution in [3.63, 3.8) is 0 Å². The summed E-state index contributed by atoms with van der Waals surface area (Å²) in [6.45, 7) is -0.376. The van der Waals surface area contributed by atoms with E-state index in [1.807, 2.05) is 0 Å². The number of rotatable bonds is 8. The van der Waals surface area contributed by atoms with Crippen LogP contribution in [0.3, 0.4) is 0 Å². The maximum atomic E-state index is 12.8. The van der Waals surface area contributed by atoms with Gasteiger partial charge in [-0.2, -0.15) is 13.2 Å². The molecule has 2 N–H and O–H groups in total. The molecule has 0 bridgehead atoms. The Morgan fingerprint density at radius 1 is 0.944 bits per heavy atom. The van der Waals surface area contributed by atoms with Crippen LogP contribution in [0.15, 0.2) is 48.5 Å². The third-order valence-corrected chi connectivity index (χ3v) is 6.08. The normalized spacial score (nSPS) is 18.4. The van der Waals surface area contributed by atoms with Crippen LogP contribution in [0.5, 0.6) is 5.75 Å². The lowest BCUT2D eigenvalue weighted by atomic mass is 9.81. The van der Waals surface area contributed by atoms with E-state index in [2.05, 4.69) is 15.4 Å². The molecule has 2 amide bonds. The quantitative estimate of drug-likeness (QED) is 0.446. The van der Waals surface area contributed by atoms with Crippen molar-refractivity contribution in [3.8, 4) is 5.75 Å². The second kappa shape index (κ2) is 11.7. The molecule has 196 valence electrons. The molecular formula is C25H26F6N2O3. The molecule has 0 aromatic heterocycles. The van der Waals surface area contributed by atoms with Crippen LogP contribution in [-0.2, 0) is 17.4 Å². The van der Waals surface area contributed by atoms with Crippen molar-refractivity contribution in [2.24, 2.45) is 5.92 Å². The molecule has 0 aliphatic heterocycles. The van der Waals surface area contributed by atoms with Crippen LogP contribution in [-0.4, -0.2) is 30.8 Å². The van der Waals surface area contributed by atoms with Gasteiger partial charge in [0.1, 0.15) is 5.75 Å². The predicted octanol–water partition coefficient (Wildman–Crippen LogP) is 5.64. The van der Waals surface area contributed by atoms with Gasteiger partial charge in [0.2, 0.25) is 5.91 Å². The van der Waals surface area contributed by atoms with Crippen molar-refractivity contribution >= 4 is 11.8 Å². The van der Waals surface area contributed by atoms with Crippen LogP contribution in [0, 0.1) is 5.92 Å². The highest BCUT2D eigenvalue weighted by molar-refractivity contribution is 5.96. The summed E-state index contributed by atoms with van der Waals surface area (Å²) in [7, 11) is 0. The zero-order chi connectivity index (χ0) is 26.3. The highest BCUT2D eigenvalue weighted by Crippen LogP contribution is 2.30. The molecular weight excluding hydrogens is 490 g/mol. The highest BCUT2D eigenvalue weighted by Gasteiger charge is 2.32. The van der Waals surface area contributed by atoms with Gasteiger partial charge in [0.15, 0.2) is 0 Å². The fourth-order valence-electron chi connectivity index (χ4n) is 4.31. The second-order valence-electron chi connectivity index (χ2n) is 8.71. The molecule has 0 spiro atoms. The molecule has 1 aliphatic carbocycles. The van der Waals surface area contributed by atoms with Crippen molar-refractivity contribution in [1.29, 1.82) is 0 Å². The average Bonchev–Trinajstić information content (AvgIpc) is 2.81. The molecule has 2 atom stereocenters. The van der Waals surface area contributed by atoms with Crippen molar-refractivity contribution in [2.45, 2.75) is 57.1 Å². The first kappa shape index (κ1) is 27.3. The zero-order valence-electron chi connectivity index (χ0n) is 19.2. The van der Waals surface area contributed by atoms with Crippen molar-refractivity contribution < 1.29 is 40.7 Å². The number of ether oxygens (including phenoxy) is 1. The molecule has 1 saturated carbocycles. The summed E-state index contributed by atoms with van der Waals surface area (Å²) in [5.74, 6) is -1.37. The van der Waals surface area contributed by atoms with E-state index >= 15 is 0 Å². The van der Waals surface area contributed by atoms with Gasteiger partial charge in [-0.05, 0) is 67.5 Å². The summed E-state index contributed by atoms with van der Waals surface area (Å²) in [5.41, 5.74) is -0.305. The molecule has 11 heteroatoms. The molecule has 2 aromatic carbocycles. The lowest BCUT2D eigenvalue weighted by molar-refractivity contribution is -0.274. The maximum absolute atomic E-state index is 12.8. The largest absolute Gasteiger partial charge is 0.573 e. The topological polar surface area (TPSA) is 67.4 Å². The Labute approximate surface area is 204 Å². The Bertz CT molecular complexity index is 1040. The lowest BCUT2D eigenvalue weighted by Crippen LogP contribution is -2.46. The van der Waals surface area contributed by atoms with Crippen LogP contribution >= 0.6 is 0 Å². The predicted molar refractivity (Wildman–Crippen MR) is 119 cm³/mol. The Kier molecular flexibility index (Phi) is 8.86. The number of halogens is 6. The van der Waals surface area contributed by atoms with Gasteiger partial charge in [-0.15, -0.1) is 13.2 Å². The van der Waals surface area contributed by atoms with E-state index in [9.17, 15) is 35.9 Å². The number of carbonyl (C=O) groups excluding carboxylic acids is 2. The van der Waals surface area contributed by atoms with Gasteiger partial charge in [-0.1, -0.05) is 31.0 Å². The highest BCUT2D eigenvalue weighted by atomic mass is 19.4. The SMILES string of the molecule is O=C(CNC(=O)c1cccc(C(F)(F)F)c1)N[C@H]1CCCC[C@H]1CCc1ccc(OC(F)(F)F)cc1. The zero-order valence-corrected chi connectivity index (χ0v) is 19.2. The second-order valence-corrected chi connectivity index (χ2v) is 8.71. The summed E-state index contributed by atoms with van der Waals surface area (Å²) in [4.78, 5) is 24.6. The number of hydrogen-bond acceptors (Lipinski definition) is 3. The third kappa shape index (κ3) is 8.46. The molecule has 0 radical (unpaired) electrons. The first-order valence-electron chi connectivity index (χ1n) is 11.5. The van der Waals surface area contributed by atoms with E-state index in [0.717, 1.165) is 49.4 Å². The fourth-order valence-corrected chi connectivity index (χ4v) is 4.31. The first-order valence-corrected chi connectivity index (χ1v) is 11.5. The number of hydrogen-bond donors (Lipinski definition) is 2. The molecule has 3 rings (SSSR count). The van der Waals surface area contributed by atoms with E-state index in [1.165, 1.54) is 18.2 Å². The smallest absolute Gasteiger partial charge is 0.406 e. The third-order valence-electron chi connectivity index (χ3n) is 6.08. The minimum atomic E-state index is -4.75. The summed E-state index contributed by atoms with van der Waals surface area (Å²) in [6, 6.07) is 9.48. The monoisotopic (exact) mass is 516 g/mol. The molecule has 1 fully saturated rings. The minimum absolute atomic E-state index is 0.135. The number of nitrogens with one attached hydrogen (secondary N) is 2. The van der Waals surface area contributed by atoms with E-state index in [-0.39, 0.29) is 29.8 Å². The van der Waals surface area contributed by atoms with Crippen LogP contribution in [0.1, 0.15) is 53.6 Å². The average molecular weight is 516 g/mol. The Balaban J connectivity index is 1.49. The van der Waals surface area contributed by atoms with Gasteiger partial charge in [0, 0.05) is 11.6 Å². The Hall–Kier alpha value is -3.24. The van der Waals surface area contributed by atoms with Gasteiger partial charge < -0.3 is 15.4 Å². The van der Waals surface area contributed by atoms with Gasteiger partial charge in [-0.25, -0.2) is 0 Å². The number of amides is 2. The summed E-state index contributed by atoms with van der Waals surface area (Å²) in [5, 5.41) is 5.25. The van der Waals surface area contributed by atoms with Gasteiger partial charge in [-0.3, -0.25) is 9.59 Å². The Morgan fingerprint density at radius 2 is 1.64 bits per heavy atom. The van der Waals surface area contributed by atoms with Gasteiger partial charge >= 0.3 is 12.5 Å². The summed E-state index contributed by atoms with van der Waals surface area (Å²) in [6.07, 6.45) is -4.49. The van der Waals surface area contributed by atoms with Crippen LogP contribution < -0.4 is 15.4 Å².